The van der Waals surface area contributed by atoms with Gasteiger partial charge in [-0.1, -0.05) is 42.5 Å². The van der Waals surface area contributed by atoms with Crippen molar-refractivity contribution in [3.63, 3.8) is 0 Å². The summed E-state index contributed by atoms with van der Waals surface area (Å²) in [6, 6.07) is 21.0. The molecule has 0 fully saturated rings. The fraction of sp³-hybridized carbons (Fsp3) is 0.0909. The van der Waals surface area contributed by atoms with Crippen molar-refractivity contribution < 1.29 is 8.42 Å². The fourth-order valence-electron chi connectivity index (χ4n) is 2.99. The molecule has 29 heavy (non-hydrogen) atoms. The molecule has 0 bridgehead atoms. The van der Waals surface area contributed by atoms with Gasteiger partial charge in [-0.2, -0.15) is 0 Å². The molecule has 0 saturated carbocycles. The molecule has 0 amide bonds. The Labute approximate surface area is 169 Å². The third-order valence-electron chi connectivity index (χ3n) is 4.53. The second-order valence-electron chi connectivity index (χ2n) is 6.49. The van der Waals surface area contributed by atoms with Crippen LogP contribution in [0.15, 0.2) is 79.1 Å². The van der Waals surface area contributed by atoms with Gasteiger partial charge in [-0.25, -0.2) is 13.4 Å². The van der Waals surface area contributed by atoms with E-state index in [1.54, 1.807) is 31.5 Å². The number of hydrogen-bond acceptors (Lipinski definition) is 4. The van der Waals surface area contributed by atoms with Crippen molar-refractivity contribution in [1.82, 2.24) is 15.0 Å². The average Bonchev–Trinajstić information content (AvgIpc) is 3.21. The number of hydrogen-bond donors (Lipinski definition) is 2. The number of benzene rings is 2. The van der Waals surface area contributed by atoms with E-state index in [-0.39, 0.29) is 5.75 Å². The van der Waals surface area contributed by atoms with Crippen LogP contribution >= 0.6 is 0 Å². The van der Waals surface area contributed by atoms with E-state index in [9.17, 15) is 8.42 Å². The van der Waals surface area contributed by atoms with Crippen LogP contribution in [-0.2, 0) is 10.0 Å². The van der Waals surface area contributed by atoms with Crippen LogP contribution in [0.25, 0.3) is 33.9 Å². The molecule has 0 aliphatic carbocycles. The summed E-state index contributed by atoms with van der Waals surface area (Å²) in [6.07, 6.45) is 3.47. The lowest BCUT2D eigenvalue weighted by molar-refractivity contribution is 0.602. The van der Waals surface area contributed by atoms with Crippen molar-refractivity contribution in [1.29, 1.82) is 0 Å². The van der Waals surface area contributed by atoms with Gasteiger partial charge < -0.3 is 4.98 Å². The minimum absolute atomic E-state index is 0.0297. The summed E-state index contributed by atoms with van der Waals surface area (Å²) in [4.78, 5) is 12.3. The molecule has 0 radical (unpaired) electrons. The van der Waals surface area contributed by atoms with Gasteiger partial charge in [0, 0.05) is 34.8 Å². The molecule has 0 unspecified atom stereocenters. The summed E-state index contributed by atoms with van der Waals surface area (Å²) < 4.78 is 26.1. The summed E-state index contributed by atoms with van der Waals surface area (Å²) in [5, 5.41) is 0. The largest absolute Gasteiger partial charge is 0.337 e. The first kappa shape index (κ1) is 18.9. The van der Waals surface area contributed by atoms with Crippen LogP contribution in [-0.4, -0.2) is 29.1 Å². The van der Waals surface area contributed by atoms with E-state index in [1.807, 2.05) is 54.6 Å². The summed E-state index contributed by atoms with van der Waals surface area (Å²) in [5.74, 6) is 0.797. The monoisotopic (exact) mass is 404 g/mol. The summed E-state index contributed by atoms with van der Waals surface area (Å²) in [5.41, 5.74) is 5.05. The maximum Gasteiger partial charge on any atom is 0.232 e. The zero-order chi connectivity index (χ0) is 20.3. The SMILES string of the molecule is CCS(=O)(=O)Nc1ccc(-c2[nH]c(-c3ccccc3)nc2-c2ccncc2)cc1. The van der Waals surface area contributed by atoms with Crippen LogP contribution in [0, 0.1) is 0 Å². The number of aromatic amines is 1. The van der Waals surface area contributed by atoms with Gasteiger partial charge in [-0.05, 0) is 31.2 Å². The van der Waals surface area contributed by atoms with E-state index in [1.165, 1.54) is 0 Å². The van der Waals surface area contributed by atoms with Crippen molar-refractivity contribution in [3.8, 4) is 33.9 Å². The zero-order valence-corrected chi connectivity index (χ0v) is 16.6. The maximum atomic E-state index is 11.8. The number of aromatic nitrogens is 3. The van der Waals surface area contributed by atoms with E-state index in [4.69, 9.17) is 4.98 Å². The van der Waals surface area contributed by atoms with Gasteiger partial charge in [-0.15, -0.1) is 0 Å². The normalized spacial score (nSPS) is 11.3. The van der Waals surface area contributed by atoms with Gasteiger partial charge in [-0.3, -0.25) is 9.71 Å². The summed E-state index contributed by atoms with van der Waals surface area (Å²) in [7, 11) is -3.31. The molecule has 146 valence electrons. The first-order valence-corrected chi connectivity index (χ1v) is 10.9. The number of pyridine rings is 1. The smallest absolute Gasteiger partial charge is 0.232 e. The van der Waals surface area contributed by atoms with E-state index >= 15 is 0 Å². The Kier molecular flexibility index (Phi) is 5.14. The number of sulfonamides is 1. The first-order chi connectivity index (χ1) is 14.1. The summed E-state index contributed by atoms with van der Waals surface area (Å²) >= 11 is 0. The second-order valence-corrected chi connectivity index (χ2v) is 8.50. The van der Waals surface area contributed by atoms with Crippen molar-refractivity contribution in [3.05, 3.63) is 79.1 Å². The molecule has 2 N–H and O–H groups in total. The predicted molar refractivity (Wildman–Crippen MR) is 116 cm³/mol. The Hall–Kier alpha value is -3.45. The molecule has 0 aliphatic rings. The third-order valence-corrected chi connectivity index (χ3v) is 5.84. The Bertz CT molecular complexity index is 1200. The number of imidazole rings is 1. The third kappa shape index (κ3) is 4.20. The molecule has 4 aromatic rings. The van der Waals surface area contributed by atoms with Crippen LogP contribution in [0.3, 0.4) is 0 Å². The Morgan fingerprint density at radius 3 is 2.21 bits per heavy atom. The number of rotatable bonds is 6. The first-order valence-electron chi connectivity index (χ1n) is 9.22. The van der Waals surface area contributed by atoms with Crippen molar-refractivity contribution in [2.24, 2.45) is 0 Å². The Morgan fingerprint density at radius 2 is 1.55 bits per heavy atom. The highest BCUT2D eigenvalue weighted by Crippen LogP contribution is 2.33. The van der Waals surface area contributed by atoms with Crippen LogP contribution in [0.2, 0.25) is 0 Å². The van der Waals surface area contributed by atoms with Gasteiger partial charge in [0.2, 0.25) is 10.0 Å². The van der Waals surface area contributed by atoms with E-state index in [0.717, 1.165) is 33.9 Å². The molecule has 7 heteroatoms. The maximum absolute atomic E-state index is 11.8. The van der Waals surface area contributed by atoms with Crippen LogP contribution in [0.5, 0.6) is 0 Å². The molecular formula is C22H20N4O2S. The van der Waals surface area contributed by atoms with Crippen molar-refractivity contribution in [2.75, 3.05) is 10.5 Å². The molecule has 0 spiro atoms. The quantitative estimate of drug-likeness (QED) is 0.493. The number of anilines is 1. The molecular weight excluding hydrogens is 384 g/mol. The molecule has 2 aromatic heterocycles. The topological polar surface area (TPSA) is 87.7 Å². The lowest BCUT2D eigenvalue weighted by atomic mass is 10.1. The number of nitrogens with zero attached hydrogens (tertiary/aromatic N) is 2. The lowest BCUT2D eigenvalue weighted by Crippen LogP contribution is -2.14. The molecule has 2 heterocycles. The average molecular weight is 404 g/mol. The van der Waals surface area contributed by atoms with E-state index in [0.29, 0.717) is 5.69 Å². The number of H-pyrrole nitrogens is 1. The minimum atomic E-state index is -3.31. The van der Waals surface area contributed by atoms with Crippen molar-refractivity contribution >= 4 is 15.7 Å². The van der Waals surface area contributed by atoms with Crippen LogP contribution in [0.4, 0.5) is 5.69 Å². The Balaban J connectivity index is 1.77. The number of nitrogens with one attached hydrogen (secondary N) is 2. The molecule has 0 aliphatic heterocycles. The van der Waals surface area contributed by atoms with Gasteiger partial charge in [0.1, 0.15) is 5.82 Å². The highest BCUT2D eigenvalue weighted by molar-refractivity contribution is 7.92. The van der Waals surface area contributed by atoms with Crippen LogP contribution in [0.1, 0.15) is 6.92 Å². The molecule has 0 saturated heterocycles. The molecule has 0 atom stereocenters. The van der Waals surface area contributed by atoms with E-state index in [2.05, 4.69) is 14.7 Å². The predicted octanol–water partition coefficient (Wildman–Crippen LogP) is 4.57. The van der Waals surface area contributed by atoms with Gasteiger partial charge in [0.25, 0.3) is 0 Å². The zero-order valence-electron chi connectivity index (χ0n) is 15.8. The van der Waals surface area contributed by atoms with Crippen molar-refractivity contribution in [2.45, 2.75) is 6.92 Å². The molecule has 2 aromatic carbocycles. The van der Waals surface area contributed by atoms with Gasteiger partial charge >= 0.3 is 0 Å². The van der Waals surface area contributed by atoms with Gasteiger partial charge in [0.05, 0.1) is 17.1 Å². The summed E-state index contributed by atoms with van der Waals surface area (Å²) in [6.45, 7) is 1.60. The lowest BCUT2D eigenvalue weighted by Gasteiger charge is -2.07. The molecule has 4 rings (SSSR count). The highest BCUT2D eigenvalue weighted by Gasteiger charge is 2.15. The molecule has 6 nitrogen and oxygen atoms in total. The Morgan fingerprint density at radius 1 is 0.862 bits per heavy atom. The highest BCUT2D eigenvalue weighted by atomic mass is 32.2. The minimum Gasteiger partial charge on any atom is -0.337 e. The fourth-order valence-corrected chi connectivity index (χ4v) is 3.63. The van der Waals surface area contributed by atoms with E-state index < -0.39 is 10.0 Å². The van der Waals surface area contributed by atoms with Gasteiger partial charge in [0.15, 0.2) is 0 Å². The van der Waals surface area contributed by atoms with Crippen LogP contribution < -0.4 is 4.72 Å². The standard InChI is InChI=1S/C22H20N4O2S/c1-2-29(27,28)26-19-10-8-16(9-11-19)20-21(17-12-14-23-15-13-17)25-22(24-20)18-6-4-3-5-7-18/h3-15,26H,2H2,1H3,(H,24,25). The second kappa shape index (κ2) is 7.89.